The second-order valence-electron chi connectivity index (χ2n) is 6.06. The first-order valence-electron chi connectivity index (χ1n) is 8.07. The Balaban J connectivity index is 2.14. The van der Waals surface area contributed by atoms with Crippen LogP contribution in [-0.2, 0) is 10.0 Å². The molecule has 0 unspecified atom stereocenters. The number of carbonyl (C=O) groups is 1. The monoisotopic (exact) mass is 371 g/mol. The van der Waals surface area contributed by atoms with Gasteiger partial charge in [0.25, 0.3) is 15.9 Å². The molecule has 6 nitrogen and oxygen atoms in total. The molecule has 0 fully saturated rings. The van der Waals surface area contributed by atoms with Gasteiger partial charge in [0.05, 0.1) is 17.4 Å². The van der Waals surface area contributed by atoms with Gasteiger partial charge >= 0.3 is 0 Å². The van der Waals surface area contributed by atoms with Crippen molar-refractivity contribution in [3.05, 3.63) is 59.2 Å². The lowest BCUT2D eigenvalue weighted by atomic mass is 10.1. The molecule has 0 saturated heterocycles. The van der Waals surface area contributed by atoms with E-state index >= 15 is 0 Å². The summed E-state index contributed by atoms with van der Waals surface area (Å²) < 4.78 is 27.5. The number of hydrogen-bond donors (Lipinski definition) is 1. The van der Waals surface area contributed by atoms with Crippen LogP contribution in [0.3, 0.4) is 0 Å². The SMILES string of the molecule is Cc1ccc(S(=O)(=O)Nc2ccc(C(=O)N(C)CCC#N)cc2)cc1C. The third-order valence-corrected chi connectivity index (χ3v) is 5.46. The molecule has 0 aliphatic heterocycles. The summed E-state index contributed by atoms with van der Waals surface area (Å²) in [6, 6.07) is 13.2. The maximum atomic E-state index is 12.5. The Labute approximate surface area is 154 Å². The van der Waals surface area contributed by atoms with Gasteiger partial charge in [-0.15, -0.1) is 0 Å². The average Bonchev–Trinajstić information content (AvgIpc) is 2.61. The van der Waals surface area contributed by atoms with Crippen LogP contribution in [-0.4, -0.2) is 32.8 Å². The van der Waals surface area contributed by atoms with Gasteiger partial charge in [-0.2, -0.15) is 5.26 Å². The van der Waals surface area contributed by atoms with E-state index in [0.29, 0.717) is 17.8 Å². The molecule has 0 spiro atoms. The lowest BCUT2D eigenvalue weighted by molar-refractivity contribution is 0.0798. The number of nitriles is 1. The van der Waals surface area contributed by atoms with Gasteiger partial charge in [0, 0.05) is 24.8 Å². The van der Waals surface area contributed by atoms with Crippen molar-refractivity contribution < 1.29 is 13.2 Å². The van der Waals surface area contributed by atoms with Gasteiger partial charge in [-0.05, 0) is 61.4 Å². The summed E-state index contributed by atoms with van der Waals surface area (Å²) in [4.78, 5) is 13.9. The van der Waals surface area contributed by atoms with Crippen LogP contribution in [0.25, 0.3) is 0 Å². The standard InChI is InChI=1S/C19H21N3O3S/c1-14-5-10-18(13-15(14)2)26(24,25)21-17-8-6-16(7-9-17)19(23)22(3)12-4-11-20/h5-10,13,21H,4,12H2,1-3H3. The fourth-order valence-corrected chi connectivity index (χ4v) is 3.46. The van der Waals surface area contributed by atoms with E-state index in [1.807, 2.05) is 19.9 Å². The van der Waals surface area contributed by atoms with Crippen LogP contribution in [0.5, 0.6) is 0 Å². The average molecular weight is 371 g/mol. The first-order valence-corrected chi connectivity index (χ1v) is 9.55. The first kappa shape index (κ1) is 19.5. The van der Waals surface area contributed by atoms with Crippen molar-refractivity contribution in [2.45, 2.75) is 25.2 Å². The number of benzene rings is 2. The summed E-state index contributed by atoms with van der Waals surface area (Å²) in [6.07, 6.45) is 0.260. The molecule has 2 rings (SSSR count). The summed E-state index contributed by atoms with van der Waals surface area (Å²) in [5.41, 5.74) is 2.72. The van der Waals surface area contributed by atoms with Gasteiger partial charge in [-0.3, -0.25) is 9.52 Å². The predicted octanol–water partition coefficient (Wildman–Crippen LogP) is 3.09. The Bertz CT molecular complexity index is 945. The van der Waals surface area contributed by atoms with Crippen LogP contribution in [0, 0.1) is 25.2 Å². The zero-order valence-electron chi connectivity index (χ0n) is 15.0. The highest BCUT2D eigenvalue weighted by atomic mass is 32.2. The molecule has 1 amide bonds. The molecule has 0 heterocycles. The summed E-state index contributed by atoms with van der Waals surface area (Å²) >= 11 is 0. The lowest BCUT2D eigenvalue weighted by Crippen LogP contribution is -2.27. The van der Waals surface area contributed by atoms with E-state index in [1.54, 1.807) is 49.5 Å². The van der Waals surface area contributed by atoms with Crippen molar-refractivity contribution in [3.8, 4) is 6.07 Å². The molecule has 7 heteroatoms. The largest absolute Gasteiger partial charge is 0.341 e. The Hall–Kier alpha value is -2.85. The van der Waals surface area contributed by atoms with Gasteiger partial charge in [0.15, 0.2) is 0 Å². The fourth-order valence-electron chi connectivity index (χ4n) is 2.32. The minimum Gasteiger partial charge on any atom is -0.341 e. The summed E-state index contributed by atoms with van der Waals surface area (Å²) in [6.45, 7) is 4.12. The Morgan fingerprint density at radius 2 is 1.77 bits per heavy atom. The molecular formula is C19H21N3O3S. The van der Waals surface area contributed by atoms with Gasteiger partial charge in [-0.25, -0.2) is 8.42 Å². The van der Waals surface area contributed by atoms with Crippen molar-refractivity contribution in [3.63, 3.8) is 0 Å². The molecule has 0 atom stereocenters. The van der Waals surface area contributed by atoms with E-state index in [4.69, 9.17) is 5.26 Å². The van der Waals surface area contributed by atoms with E-state index in [1.165, 1.54) is 4.90 Å². The van der Waals surface area contributed by atoms with E-state index in [9.17, 15) is 13.2 Å². The number of rotatable bonds is 6. The summed E-state index contributed by atoms with van der Waals surface area (Å²) in [7, 11) is -2.07. The molecule has 26 heavy (non-hydrogen) atoms. The summed E-state index contributed by atoms with van der Waals surface area (Å²) in [5.74, 6) is -0.219. The quantitative estimate of drug-likeness (QED) is 0.845. The molecule has 0 radical (unpaired) electrons. The third kappa shape index (κ3) is 4.61. The predicted molar refractivity (Wildman–Crippen MR) is 100 cm³/mol. The Morgan fingerprint density at radius 3 is 2.35 bits per heavy atom. The second kappa shape index (κ2) is 8.02. The van der Waals surface area contributed by atoms with Gasteiger partial charge < -0.3 is 4.90 Å². The van der Waals surface area contributed by atoms with Gasteiger partial charge in [-0.1, -0.05) is 6.07 Å². The van der Waals surface area contributed by atoms with Crippen molar-refractivity contribution in [2.75, 3.05) is 18.3 Å². The number of aryl methyl sites for hydroxylation is 2. The number of anilines is 1. The van der Waals surface area contributed by atoms with Crippen LogP contribution in [0.1, 0.15) is 27.9 Å². The highest BCUT2D eigenvalue weighted by Crippen LogP contribution is 2.19. The molecule has 0 bridgehead atoms. The smallest absolute Gasteiger partial charge is 0.261 e. The minimum atomic E-state index is -3.70. The number of nitrogens with one attached hydrogen (secondary N) is 1. The molecule has 1 N–H and O–H groups in total. The van der Waals surface area contributed by atoms with Gasteiger partial charge in [0.2, 0.25) is 0 Å². The fraction of sp³-hybridized carbons (Fsp3) is 0.263. The normalized spacial score (nSPS) is 10.8. The van der Waals surface area contributed by atoms with E-state index in [-0.39, 0.29) is 17.2 Å². The number of amides is 1. The number of nitrogens with zero attached hydrogens (tertiary/aromatic N) is 2. The molecule has 2 aromatic carbocycles. The van der Waals surface area contributed by atoms with Crippen LogP contribution < -0.4 is 4.72 Å². The zero-order chi connectivity index (χ0) is 19.3. The number of hydrogen-bond acceptors (Lipinski definition) is 4. The van der Waals surface area contributed by atoms with Crippen LogP contribution in [0.2, 0.25) is 0 Å². The third-order valence-electron chi connectivity index (χ3n) is 4.08. The van der Waals surface area contributed by atoms with Crippen molar-refractivity contribution in [2.24, 2.45) is 0 Å². The highest BCUT2D eigenvalue weighted by molar-refractivity contribution is 7.92. The van der Waals surface area contributed by atoms with E-state index in [2.05, 4.69) is 4.72 Å². The first-order chi connectivity index (χ1) is 12.2. The van der Waals surface area contributed by atoms with Crippen molar-refractivity contribution in [1.29, 1.82) is 5.26 Å². The Morgan fingerprint density at radius 1 is 1.12 bits per heavy atom. The van der Waals surface area contributed by atoms with Crippen molar-refractivity contribution >= 4 is 21.6 Å². The highest BCUT2D eigenvalue weighted by Gasteiger charge is 2.16. The summed E-state index contributed by atoms with van der Waals surface area (Å²) in [5, 5.41) is 8.59. The van der Waals surface area contributed by atoms with Crippen LogP contribution >= 0.6 is 0 Å². The number of carbonyl (C=O) groups excluding carboxylic acids is 1. The molecule has 0 saturated carbocycles. The van der Waals surface area contributed by atoms with Crippen LogP contribution in [0.4, 0.5) is 5.69 Å². The van der Waals surface area contributed by atoms with Gasteiger partial charge in [0.1, 0.15) is 0 Å². The maximum absolute atomic E-state index is 12.5. The molecule has 136 valence electrons. The Kier molecular flexibility index (Phi) is 6.01. The van der Waals surface area contributed by atoms with Crippen LogP contribution in [0.15, 0.2) is 47.4 Å². The zero-order valence-corrected chi connectivity index (χ0v) is 15.8. The second-order valence-corrected chi connectivity index (χ2v) is 7.75. The molecule has 0 aliphatic rings. The number of sulfonamides is 1. The van der Waals surface area contributed by atoms with E-state index in [0.717, 1.165) is 11.1 Å². The molecule has 2 aromatic rings. The molecule has 0 aromatic heterocycles. The van der Waals surface area contributed by atoms with E-state index < -0.39 is 10.0 Å². The maximum Gasteiger partial charge on any atom is 0.261 e. The molecule has 0 aliphatic carbocycles. The molecular weight excluding hydrogens is 350 g/mol. The van der Waals surface area contributed by atoms with Crippen molar-refractivity contribution in [1.82, 2.24) is 4.90 Å². The topological polar surface area (TPSA) is 90.3 Å². The minimum absolute atomic E-state index is 0.192. The lowest BCUT2D eigenvalue weighted by Gasteiger charge is -2.16.